The third kappa shape index (κ3) is 5.55. The SMILES string of the molecule is CCOc1ccc(Br)cc1C(=O)NC(=S)Nc1ccc(C(=O)N2CCCC2)cc1. The molecule has 0 aromatic heterocycles. The molecular formula is C21H22BrN3O3S. The minimum Gasteiger partial charge on any atom is -0.493 e. The Morgan fingerprint density at radius 2 is 1.83 bits per heavy atom. The topological polar surface area (TPSA) is 70.7 Å². The molecule has 1 heterocycles. The van der Waals surface area contributed by atoms with E-state index < -0.39 is 0 Å². The zero-order chi connectivity index (χ0) is 20.8. The van der Waals surface area contributed by atoms with Crippen molar-refractivity contribution >= 4 is 50.8 Å². The smallest absolute Gasteiger partial charge is 0.261 e. The van der Waals surface area contributed by atoms with Crippen molar-refractivity contribution in [1.82, 2.24) is 10.2 Å². The summed E-state index contributed by atoms with van der Waals surface area (Å²) in [5, 5.41) is 5.79. The van der Waals surface area contributed by atoms with Gasteiger partial charge in [0.1, 0.15) is 5.75 Å². The maximum absolute atomic E-state index is 12.6. The molecule has 1 saturated heterocycles. The first-order valence-electron chi connectivity index (χ1n) is 9.42. The fourth-order valence-electron chi connectivity index (χ4n) is 3.09. The van der Waals surface area contributed by atoms with Crippen LogP contribution in [0.2, 0.25) is 0 Å². The number of ether oxygens (including phenoxy) is 1. The summed E-state index contributed by atoms with van der Waals surface area (Å²) in [4.78, 5) is 26.9. The lowest BCUT2D eigenvalue weighted by molar-refractivity contribution is 0.0792. The number of likely N-dealkylation sites (tertiary alicyclic amines) is 1. The maximum Gasteiger partial charge on any atom is 0.261 e. The minimum absolute atomic E-state index is 0.0445. The van der Waals surface area contributed by atoms with Gasteiger partial charge in [-0.2, -0.15) is 0 Å². The molecule has 0 atom stereocenters. The normalized spacial score (nSPS) is 13.1. The number of halogens is 1. The van der Waals surface area contributed by atoms with E-state index in [4.69, 9.17) is 17.0 Å². The van der Waals surface area contributed by atoms with Crippen LogP contribution >= 0.6 is 28.1 Å². The monoisotopic (exact) mass is 475 g/mol. The summed E-state index contributed by atoms with van der Waals surface area (Å²) < 4.78 is 6.28. The number of hydrogen-bond acceptors (Lipinski definition) is 4. The first kappa shape index (κ1) is 21.3. The molecule has 0 radical (unpaired) electrons. The molecule has 1 fully saturated rings. The van der Waals surface area contributed by atoms with Gasteiger partial charge >= 0.3 is 0 Å². The second-order valence-electron chi connectivity index (χ2n) is 6.56. The highest BCUT2D eigenvalue weighted by atomic mass is 79.9. The van der Waals surface area contributed by atoms with Gasteiger partial charge in [0, 0.05) is 28.8 Å². The van der Waals surface area contributed by atoms with E-state index in [1.165, 1.54) is 0 Å². The van der Waals surface area contributed by atoms with Crippen molar-refractivity contribution in [3.63, 3.8) is 0 Å². The van der Waals surface area contributed by atoms with E-state index in [9.17, 15) is 9.59 Å². The van der Waals surface area contributed by atoms with Crippen LogP contribution in [-0.2, 0) is 0 Å². The zero-order valence-electron chi connectivity index (χ0n) is 16.0. The van der Waals surface area contributed by atoms with Crippen LogP contribution in [-0.4, -0.2) is 41.5 Å². The second-order valence-corrected chi connectivity index (χ2v) is 7.88. The summed E-state index contributed by atoms with van der Waals surface area (Å²) in [7, 11) is 0. The Hall–Kier alpha value is -2.45. The first-order valence-corrected chi connectivity index (χ1v) is 10.6. The number of anilines is 1. The predicted octanol–water partition coefficient (Wildman–Crippen LogP) is 4.21. The number of nitrogens with zero attached hydrogens (tertiary/aromatic N) is 1. The number of benzene rings is 2. The maximum atomic E-state index is 12.6. The molecule has 0 spiro atoms. The van der Waals surface area contributed by atoms with Gasteiger partial charge in [0.05, 0.1) is 12.2 Å². The van der Waals surface area contributed by atoms with E-state index in [1.807, 2.05) is 17.9 Å². The largest absolute Gasteiger partial charge is 0.493 e. The van der Waals surface area contributed by atoms with E-state index in [0.29, 0.717) is 29.2 Å². The van der Waals surface area contributed by atoms with Gasteiger partial charge in [-0.1, -0.05) is 15.9 Å². The zero-order valence-corrected chi connectivity index (χ0v) is 18.4. The quantitative estimate of drug-likeness (QED) is 0.633. The lowest BCUT2D eigenvalue weighted by atomic mass is 10.2. The molecule has 0 unspecified atom stereocenters. The Morgan fingerprint density at radius 1 is 1.14 bits per heavy atom. The molecule has 1 aliphatic heterocycles. The molecule has 0 bridgehead atoms. The van der Waals surface area contributed by atoms with E-state index in [1.54, 1.807) is 36.4 Å². The van der Waals surface area contributed by atoms with Crippen LogP contribution in [0.4, 0.5) is 5.69 Å². The minimum atomic E-state index is -0.368. The van der Waals surface area contributed by atoms with Gasteiger partial charge in [0.2, 0.25) is 0 Å². The summed E-state index contributed by atoms with van der Waals surface area (Å²) in [6.07, 6.45) is 2.12. The molecule has 2 N–H and O–H groups in total. The number of amides is 2. The Morgan fingerprint density at radius 3 is 2.48 bits per heavy atom. The van der Waals surface area contributed by atoms with Crippen molar-refractivity contribution in [3.05, 3.63) is 58.1 Å². The van der Waals surface area contributed by atoms with Crippen LogP contribution in [0, 0.1) is 0 Å². The van der Waals surface area contributed by atoms with Crippen LogP contribution in [0.3, 0.4) is 0 Å². The molecule has 1 aliphatic rings. The van der Waals surface area contributed by atoms with Crippen LogP contribution in [0.15, 0.2) is 46.9 Å². The van der Waals surface area contributed by atoms with Gasteiger partial charge < -0.3 is 15.0 Å². The van der Waals surface area contributed by atoms with Gasteiger partial charge in [-0.3, -0.25) is 14.9 Å². The van der Waals surface area contributed by atoms with Crippen molar-refractivity contribution in [2.24, 2.45) is 0 Å². The predicted molar refractivity (Wildman–Crippen MR) is 121 cm³/mol. The highest BCUT2D eigenvalue weighted by Crippen LogP contribution is 2.23. The standard InChI is InChI=1S/C21H22BrN3O3S/c1-2-28-18-10-7-15(22)13-17(18)19(26)24-21(29)23-16-8-5-14(6-9-16)20(27)25-11-3-4-12-25/h5-10,13H,2-4,11-12H2,1H3,(H2,23,24,26,29). The van der Waals surface area contributed by atoms with Crippen LogP contribution < -0.4 is 15.4 Å². The summed E-state index contributed by atoms with van der Waals surface area (Å²) >= 11 is 8.62. The van der Waals surface area contributed by atoms with E-state index in [0.717, 1.165) is 30.4 Å². The van der Waals surface area contributed by atoms with Crippen LogP contribution in [0.1, 0.15) is 40.5 Å². The highest BCUT2D eigenvalue weighted by molar-refractivity contribution is 9.10. The Bertz CT molecular complexity index is 912. The van der Waals surface area contributed by atoms with Gasteiger partial charge in [0.25, 0.3) is 11.8 Å². The number of thiocarbonyl (C=S) groups is 1. The Balaban J connectivity index is 1.61. The molecule has 3 rings (SSSR count). The third-order valence-electron chi connectivity index (χ3n) is 4.50. The molecule has 2 aromatic rings. The second kappa shape index (κ2) is 9.84. The molecule has 8 heteroatoms. The van der Waals surface area contributed by atoms with E-state index in [-0.39, 0.29) is 16.9 Å². The molecule has 0 aliphatic carbocycles. The van der Waals surface area contributed by atoms with Crippen molar-refractivity contribution < 1.29 is 14.3 Å². The fourth-order valence-corrected chi connectivity index (χ4v) is 3.66. The van der Waals surface area contributed by atoms with Gasteiger partial charge in [-0.25, -0.2) is 0 Å². The first-order chi connectivity index (χ1) is 14.0. The average molecular weight is 476 g/mol. The number of nitrogens with one attached hydrogen (secondary N) is 2. The average Bonchev–Trinajstić information content (AvgIpc) is 3.24. The number of hydrogen-bond donors (Lipinski definition) is 2. The summed E-state index contributed by atoms with van der Waals surface area (Å²) in [5.41, 5.74) is 1.72. The molecule has 2 aromatic carbocycles. The summed E-state index contributed by atoms with van der Waals surface area (Å²) in [6, 6.07) is 12.3. The van der Waals surface area contributed by atoms with Crippen molar-refractivity contribution in [3.8, 4) is 5.75 Å². The van der Waals surface area contributed by atoms with Gasteiger partial charge in [-0.15, -0.1) is 0 Å². The fraction of sp³-hybridized carbons (Fsp3) is 0.286. The van der Waals surface area contributed by atoms with Crippen LogP contribution in [0.5, 0.6) is 5.75 Å². The van der Waals surface area contributed by atoms with Crippen LogP contribution in [0.25, 0.3) is 0 Å². The third-order valence-corrected chi connectivity index (χ3v) is 5.19. The Kier molecular flexibility index (Phi) is 7.22. The molecule has 152 valence electrons. The molecule has 6 nitrogen and oxygen atoms in total. The van der Waals surface area contributed by atoms with Crippen molar-refractivity contribution in [1.29, 1.82) is 0 Å². The molecule has 2 amide bonds. The van der Waals surface area contributed by atoms with E-state index >= 15 is 0 Å². The van der Waals surface area contributed by atoms with Gasteiger partial charge in [-0.05, 0) is 74.4 Å². The van der Waals surface area contributed by atoms with Crippen molar-refractivity contribution in [2.75, 3.05) is 25.0 Å². The molecule has 0 saturated carbocycles. The van der Waals surface area contributed by atoms with Crippen molar-refractivity contribution in [2.45, 2.75) is 19.8 Å². The van der Waals surface area contributed by atoms with E-state index in [2.05, 4.69) is 26.6 Å². The lowest BCUT2D eigenvalue weighted by Crippen LogP contribution is -2.34. The number of rotatable bonds is 5. The molecule has 29 heavy (non-hydrogen) atoms. The summed E-state index contributed by atoms with van der Waals surface area (Å²) in [6.45, 7) is 3.93. The Labute approximate surface area is 183 Å². The highest BCUT2D eigenvalue weighted by Gasteiger charge is 2.19. The number of carbonyl (C=O) groups is 2. The molecular weight excluding hydrogens is 454 g/mol. The summed E-state index contributed by atoms with van der Waals surface area (Å²) in [5.74, 6) is 0.164. The number of carbonyl (C=O) groups excluding carboxylic acids is 2. The lowest BCUT2D eigenvalue weighted by Gasteiger charge is -2.16. The van der Waals surface area contributed by atoms with Gasteiger partial charge in [0.15, 0.2) is 5.11 Å².